The molecule has 0 spiro atoms. The summed E-state index contributed by atoms with van der Waals surface area (Å²) in [6, 6.07) is 5.41. The molecule has 0 aliphatic carbocycles. The van der Waals surface area contributed by atoms with Crippen molar-refractivity contribution in [2.45, 2.75) is 32.4 Å². The zero-order valence-corrected chi connectivity index (χ0v) is 11.8. The Kier molecular flexibility index (Phi) is 5.05. The fraction of sp³-hybridized carbons (Fsp3) is 0.500. The Hall–Kier alpha value is -1.26. The summed E-state index contributed by atoms with van der Waals surface area (Å²) in [7, 11) is 0. The molecule has 2 N–H and O–H groups in total. The third-order valence-electron chi connectivity index (χ3n) is 3.16. The van der Waals surface area contributed by atoms with Gasteiger partial charge in [-0.3, -0.25) is 4.79 Å². The lowest BCUT2D eigenvalue weighted by Gasteiger charge is -2.14. The van der Waals surface area contributed by atoms with Gasteiger partial charge in [-0.2, -0.15) is 0 Å². The minimum Gasteiger partial charge on any atom is -0.493 e. The topological polar surface area (TPSA) is 50.4 Å². The maximum atomic E-state index is 11.9. The molecule has 1 heterocycles. The molecule has 1 saturated heterocycles. The molecule has 1 aliphatic heterocycles. The summed E-state index contributed by atoms with van der Waals surface area (Å²) in [5.74, 6) is 0.782. The summed E-state index contributed by atoms with van der Waals surface area (Å²) < 4.78 is 5.52. The van der Waals surface area contributed by atoms with Gasteiger partial charge in [-0.15, -0.1) is 0 Å². The fourth-order valence-corrected chi connectivity index (χ4v) is 2.34. The number of rotatable bonds is 5. The predicted molar refractivity (Wildman–Crippen MR) is 75.5 cm³/mol. The fourth-order valence-electron chi connectivity index (χ4n) is 2.18. The van der Waals surface area contributed by atoms with Crippen LogP contribution in [0.2, 0.25) is 5.02 Å². The van der Waals surface area contributed by atoms with Crippen LogP contribution in [0.5, 0.6) is 5.75 Å². The molecule has 1 aliphatic rings. The van der Waals surface area contributed by atoms with E-state index in [0.29, 0.717) is 18.2 Å². The van der Waals surface area contributed by atoms with E-state index in [9.17, 15) is 4.79 Å². The molecule has 19 heavy (non-hydrogen) atoms. The molecule has 1 amide bonds. The number of benzene rings is 1. The molecule has 0 radical (unpaired) electrons. The second-order valence-electron chi connectivity index (χ2n) is 4.55. The van der Waals surface area contributed by atoms with E-state index in [-0.39, 0.29) is 11.9 Å². The first kappa shape index (κ1) is 14.2. The van der Waals surface area contributed by atoms with Crippen LogP contribution >= 0.6 is 11.6 Å². The van der Waals surface area contributed by atoms with E-state index < -0.39 is 0 Å². The Balaban J connectivity index is 1.96. The summed E-state index contributed by atoms with van der Waals surface area (Å²) in [6.45, 7) is 3.88. The third kappa shape index (κ3) is 3.85. The molecule has 1 unspecified atom stereocenters. The summed E-state index contributed by atoms with van der Waals surface area (Å²) in [5.41, 5.74) is 0.942. The van der Waals surface area contributed by atoms with Crippen LogP contribution in [-0.4, -0.2) is 25.1 Å². The number of carbonyl (C=O) groups excluding carboxylic acids is 1. The van der Waals surface area contributed by atoms with Crippen LogP contribution in [0, 0.1) is 0 Å². The molecule has 104 valence electrons. The summed E-state index contributed by atoms with van der Waals surface area (Å²) in [6.07, 6.45) is 1.97. The van der Waals surface area contributed by atoms with Gasteiger partial charge in [-0.1, -0.05) is 17.7 Å². The van der Waals surface area contributed by atoms with Gasteiger partial charge in [0.1, 0.15) is 5.75 Å². The molecule has 1 aromatic rings. The highest BCUT2D eigenvalue weighted by Gasteiger charge is 2.21. The van der Waals surface area contributed by atoms with Crippen molar-refractivity contribution in [3.8, 4) is 5.75 Å². The Bertz CT molecular complexity index is 445. The Morgan fingerprint density at radius 3 is 3.11 bits per heavy atom. The molecule has 1 fully saturated rings. The molecule has 0 bridgehead atoms. The number of ether oxygens (including phenoxy) is 1. The van der Waals surface area contributed by atoms with E-state index in [4.69, 9.17) is 16.3 Å². The Morgan fingerprint density at radius 2 is 2.42 bits per heavy atom. The van der Waals surface area contributed by atoms with E-state index in [0.717, 1.165) is 30.7 Å². The van der Waals surface area contributed by atoms with Gasteiger partial charge in [0.2, 0.25) is 5.91 Å². The van der Waals surface area contributed by atoms with Crippen LogP contribution in [0.3, 0.4) is 0 Å². The van der Waals surface area contributed by atoms with Crippen molar-refractivity contribution in [3.63, 3.8) is 0 Å². The molecular weight excluding hydrogens is 264 g/mol. The molecule has 2 rings (SSSR count). The van der Waals surface area contributed by atoms with Crippen LogP contribution in [0.25, 0.3) is 0 Å². The van der Waals surface area contributed by atoms with Crippen molar-refractivity contribution in [2.75, 3.05) is 13.2 Å². The van der Waals surface area contributed by atoms with Crippen LogP contribution in [0.15, 0.2) is 18.2 Å². The van der Waals surface area contributed by atoms with Gasteiger partial charge in [0.15, 0.2) is 0 Å². The molecule has 0 aromatic heterocycles. The Morgan fingerprint density at radius 1 is 1.58 bits per heavy atom. The van der Waals surface area contributed by atoms with Gasteiger partial charge in [-0.05, 0) is 38.4 Å². The largest absolute Gasteiger partial charge is 0.493 e. The second kappa shape index (κ2) is 6.78. The minimum atomic E-state index is -0.0529. The van der Waals surface area contributed by atoms with Crippen molar-refractivity contribution >= 4 is 17.5 Å². The average molecular weight is 283 g/mol. The molecule has 4 nitrogen and oxygen atoms in total. The van der Waals surface area contributed by atoms with Gasteiger partial charge >= 0.3 is 0 Å². The van der Waals surface area contributed by atoms with Crippen LogP contribution in [0.4, 0.5) is 0 Å². The van der Waals surface area contributed by atoms with Crippen molar-refractivity contribution in [2.24, 2.45) is 0 Å². The lowest BCUT2D eigenvalue weighted by Crippen LogP contribution is -2.40. The predicted octanol–water partition coefficient (Wildman–Crippen LogP) is 2.11. The van der Waals surface area contributed by atoms with Gasteiger partial charge < -0.3 is 15.4 Å². The average Bonchev–Trinajstić information content (AvgIpc) is 2.92. The van der Waals surface area contributed by atoms with Crippen LogP contribution in [0.1, 0.15) is 25.3 Å². The highest BCUT2D eigenvalue weighted by molar-refractivity contribution is 6.30. The third-order valence-corrected chi connectivity index (χ3v) is 3.39. The highest BCUT2D eigenvalue weighted by atomic mass is 35.5. The van der Waals surface area contributed by atoms with Crippen molar-refractivity contribution in [1.82, 2.24) is 10.6 Å². The quantitative estimate of drug-likeness (QED) is 0.870. The van der Waals surface area contributed by atoms with E-state index in [1.54, 1.807) is 12.1 Å². The molecular formula is C14H19ClN2O2. The van der Waals surface area contributed by atoms with Crippen molar-refractivity contribution in [3.05, 3.63) is 28.8 Å². The lowest BCUT2D eigenvalue weighted by atomic mass is 10.1. The van der Waals surface area contributed by atoms with E-state index in [1.165, 1.54) is 0 Å². The normalized spacial score (nSPS) is 18.3. The van der Waals surface area contributed by atoms with Crippen molar-refractivity contribution < 1.29 is 9.53 Å². The minimum absolute atomic E-state index is 0.0508. The number of hydrogen-bond acceptors (Lipinski definition) is 3. The van der Waals surface area contributed by atoms with E-state index >= 15 is 0 Å². The number of carbonyl (C=O) groups is 1. The zero-order chi connectivity index (χ0) is 13.7. The first-order valence-electron chi connectivity index (χ1n) is 6.63. The maximum Gasteiger partial charge on any atom is 0.237 e. The first-order chi connectivity index (χ1) is 9.20. The zero-order valence-electron chi connectivity index (χ0n) is 11.0. The first-order valence-corrected chi connectivity index (χ1v) is 7.01. The van der Waals surface area contributed by atoms with Crippen molar-refractivity contribution in [1.29, 1.82) is 0 Å². The van der Waals surface area contributed by atoms with E-state index in [1.807, 2.05) is 13.0 Å². The SMILES string of the molecule is CCOc1cc(Cl)ccc1CNC(=O)C1CCCN1. The smallest absolute Gasteiger partial charge is 0.237 e. The lowest BCUT2D eigenvalue weighted by molar-refractivity contribution is -0.122. The number of halogens is 1. The number of hydrogen-bond donors (Lipinski definition) is 2. The van der Waals surface area contributed by atoms with Gasteiger partial charge in [0.25, 0.3) is 0 Å². The summed E-state index contributed by atoms with van der Waals surface area (Å²) in [4.78, 5) is 11.9. The van der Waals surface area contributed by atoms with Crippen LogP contribution in [-0.2, 0) is 11.3 Å². The van der Waals surface area contributed by atoms with Gasteiger partial charge in [0.05, 0.1) is 12.6 Å². The summed E-state index contributed by atoms with van der Waals surface area (Å²) >= 11 is 5.94. The Labute approximate surface area is 118 Å². The maximum absolute atomic E-state index is 11.9. The molecule has 5 heteroatoms. The van der Waals surface area contributed by atoms with E-state index in [2.05, 4.69) is 10.6 Å². The van der Waals surface area contributed by atoms with Gasteiger partial charge in [-0.25, -0.2) is 0 Å². The summed E-state index contributed by atoms with van der Waals surface area (Å²) in [5, 5.41) is 6.75. The molecule has 1 aromatic carbocycles. The monoisotopic (exact) mass is 282 g/mol. The molecule has 1 atom stereocenters. The van der Waals surface area contributed by atoms with Crippen LogP contribution < -0.4 is 15.4 Å². The van der Waals surface area contributed by atoms with Gasteiger partial charge in [0, 0.05) is 17.1 Å². The number of amides is 1. The number of nitrogens with one attached hydrogen (secondary N) is 2. The molecule has 0 saturated carbocycles. The standard InChI is InChI=1S/C14H19ClN2O2/c1-2-19-13-8-11(15)6-5-10(13)9-17-14(18)12-4-3-7-16-12/h5-6,8,12,16H,2-4,7,9H2,1H3,(H,17,18). The second-order valence-corrected chi connectivity index (χ2v) is 4.99. The highest BCUT2D eigenvalue weighted by Crippen LogP contribution is 2.23.